The maximum Gasteiger partial charge on any atom is 0.244 e. The molecule has 6 nitrogen and oxygen atoms in total. The highest BCUT2D eigenvalue weighted by atomic mass is 32.2. The highest BCUT2D eigenvalue weighted by molar-refractivity contribution is 7.89. The van der Waals surface area contributed by atoms with Crippen molar-refractivity contribution in [1.29, 1.82) is 0 Å². The molecule has 8 heteroatoms. The third-order valence-corrected chi connectivity index (χ3v) is 5.67. The molecule has 0 radical (unpaired) electrons. The first-order valence-electron chi connectivity index (χ1n) is 8.90. The van der Waals surface area contributed by atoms with Crippen molar-refractivity contribution < 1.29 is 17.6 Å². The standard InChI is InChI=1S/C21H20FN3O3S/c1-15-8-7-13-20(23-15)24-21(26)18(14-16-9-3-2-4-10-16)25-29(27,28)19-12-6-5-11-17(19)22/h2-13,18,25H,14H2,1H3,(H,23,24,26)/t18-/m0/s1. The molecule has 29 heavy (non-hydrogen) atoms. The Morgan fingerprint density at radius 1 is 1.00 bits per heavy atom. The molecule has 0 aliphatic carbocycles. The zero-order valence-electron chi connectivity index (χ0n) is 15.7. The third kappa shape index (κ3) is 5.46. The largest absolute Gasteiger partial charge is 0.309 e. The molecule has 0 aliphatic rings. The van der Waals surface area contributed by atoms with Crippen LogP contribution in [-0.4, -0.2) is 25.4 Å². The highest BCUT2D eigenvalue weighted by Crippen LogP contribution is 2.16. The van der Waals surface area contributed by atoms with Crippen LogP contribution in [0.25, 0.3) is 0 Å². The normalized spacial score (nSPS) is 12.3. The molecule has 1 aromatic heterocycles. The number of rotatable bonds is 7. The number of aromatic nitrogens is 1. The van der Waals surface area contributed by atoms with Crippen LogP contribution in [-0.2, 0) is 21.2 Å². The summed E-state index contributed by atoms with van der Waals surface area (Å²) < 4.78 is 41.8. The van der Waals surface area contributed by atoms with Crippen LogP contribution in [0.2, 0.25) is 0 Å². The van der Waals surface area contributed by atoms with Crippen LogP contribution < -0.4 is 10.0 Å². The second kappa shape index (κ2) is 8.93. The summed E-state index contributed by atoms with van der Waals surface area (Å²) in [6.45, 7) is 1.78. The summed E-state index contributed by atoms with van der Waals surface area (Å²) in [4.78, 5) is 16.5. The number of carbonyl (C=O) groups is 1. The summed E-state index contributed by atoms with van der Waals surface area (Å²) in [7, 11) is -4.26. The Labute approximate surface area is 168 Å². The van der Waals surface area contributed by atoms with Gasteiger partial charge in [-0.15, -0.1) is 0 Å². The number of hydrogen-bond acceptors (Lipinski definition) is 4. The molecule has 0 bridgehead atoms. The van der Waals surface area contributed by atoms with Gasteiger partial charge in [-0.05, 0) is 43.2 Å². The second-order valence-corrected chi connectivity index (χ2v) is 8.13. The van der Waals surface area contributed by atoms with Gasteiger partial charge in [-0.2, -0.15) is 4.72 Å². The minimum Gasteiger partial charge on any atom is -0.309 e. The van der Waals surface area contributed by atoms with Gasteiger partial charge in [0.15, 0.2) is 0 Å². The van der Waals surface area contributed by atoms with Crippen LogP contribution >= 0.6 is 0 Å². The lowest BCUT2D eigenvalue weighted by Crippen LogP contribution is -2.45. The Morgan fingerprint density at radius 2 is 1.69 bits per heavy atom. The molecule has 0 unspecified atom stereocenters. The Kier molecular flexibility index (Phi) is 6.36. The van der Waals surface area contributed by atoms with Crippen molar-refractivity contribution >= 4 is 21.7 Å². The van der Waals surface area contributed by atoms with Gasteiger partial charge < -0.3 is 5.32 Å². The maximum atomic E-state index is 14.0. The van der Waals surface area contributed by atoms with E-state index in [2.05, 4.69) is 15.0 Å². The van der Waals surface area contributed by atoms with Crippen LogP contribution in [0.3, 0.4) is 0 Å². The zero-order chi connectivity index (χ0) is 20.9. The molecule has 1 atom stereocenters. The number of carbonyl (C=O) groups excluding carboxylic acids is 1. The minimum atomic E-state index is -4.26. The minimum absolute atomic E-state index is 0.0895. The average molecular weight is 413 g/mol. The predicted molar refractivity (Wildman–Crippen MR) is 108 cm³/mol. The molecule has 3 aromatic rings. The number of nitrogens with zero attached hydrogens (tertiary/aromatic N) is 1. The number of anilines is 1. The molecule has 0 saturated heterocycles. The number of nitrogens with one attached hydrogen (secondary N) is 2. The Bertz CT molecular complexity index is 1100. The van der Waals surface area contributed by atoms with E-state index in [1.165, 1.54) is 12.1 Å². The van der Waals surface area contributed by atoms with Gasteiger partial charge in [0.25, 0.3) is 0 Å². The topological polar surface area (TPSA) is 88.2 Å². The third-order valence-electron chi connectivity index (χ3n) is 4.16. The van der Waals surface area contributed by atoms with Gasteiger partial charge in [-0.3, -0.25) is 4.79 Å². The lowest BCUT2D eigenvalue weighted by Gasteiger charge is -2.19. The molecule has 1 amide bonds. The lowest BCUT2D eigenvalue weighted by atomic mass is 10.1. The molecule has 150 valence electrons. The monoisotopic (exact) mass is 413 g/mol. The van der Waals surface area contributed by atoms with Gasteiger partial charge in [-0.25, -0.2) is 17.8 Å². The van der Waals surface area contributed by atoms with E-state index in [-0.39, 0.29) is 6.42 Å². The van der Waals surface area contributed by atoms with E-state index in [0.29, 0.717) is 11.5 Å². The molecule has 3 rings (SSSR count). The average Bonchev–Trinajstić information content (AvgIpc) is 2.68. The molecule has 0 saturated carbocycles. The molecule has 1 heterocycles. The number of sulfonamides is 1. The molecular formula is C21H20FN3O3S. The van der Waals surface area contributed by atoms with E-state index < -0.39 is 32.7 Å². The van der Waals surface area contributed by atoms with Crippen molar-refractivity contribution in [2.24, 2.45) is 0 Å². The van der Waals surface area contributed by atoms with E-state index >= 15 is 0 Å². The van der Waals surface area contributed by atoms with Gasteiger partial charge in [0, 0.05) is 5.69 Å². The maximum absolute atomic E-state index is 14.0. The Hall–Kier alpha value is -3.10. The van der Waals surface area contributed by atoms with Gasteiger partial charge in [0.05, 0.1) is 0 Å². The summed E-state index contributed by atoms with van der Waals surface area (Å²) in [5.41, 5.74) is 1.45. The first-order chi connectivity index (χ1) is 13.8. The summed E-state index contributed by atoms with van der Waals surface area (Å²) in [5.74, 6) is -1.18. The quantitative estimate of drug-likeness (QED) is 0.623. The second-order valence-electron chi connectivity index (χ2n) is 6.45. The van der Waals surface area contributed by atoms with Crippen molar-refractivity contribution in [2.75, 3.05) is 5.32 Å². The molecule has 0 aliphatic heterocycles. The van der Waals surface area contributed by atoms with Crippen molar-refractivity contribution in [3.63, 3.8) is 0 Å². The first kappa shape index (κ1) is 20.6. The molecule has 0 fully saturated rings. The number of hydrogen-bond donors (Lipinski definition) is 2. The van der Waals surface area contributed by atoms with E-state index in [9.17, 15) is 17.6 Å². The number of pyridine rings is 1. The Balaban J connectivity index is 1.88. The number of amides is 1. The zero-order valence-corrected chi connectivity index (χ0v) is 16.5. The fraction of sp³-hybridized carbons (Fsp3) is 0.143. The highest BCUT2D eigenvalue weighted by Gasteiger charge is 2.28. The number of aryl methyl sites for hydroxylation is 1. The molecule has 2 N–H and O–H groups in total. The summed E-state index contributed by atoms with van der Waals surface area (Å²) >= 11 is 0. The van der Waals surface area contributed by atoms with Gasteiger partial charge in [0.2, 0.25) is 15.9 Å². The van der Waals surface area contributed by atoms with Crippen LogP contribution in [0.5, 0.6) is 0 Å². The van der Waals surface area contributed by atoms with E-state index in [1.807, 2.05) is 6.07 Å². The van der Waals surface area contributed by atoms with Crippen LogP contribution in [0.1, 0.15) is 11.3 Å². The summed E-state index contributed by atoms with van der Waals surface area (Å²) in [6.07, 6.45) is 0.0895. The molecule has 2 aromatic carbocycles. The summed E-state index contributed by atoms with van der Waals surface area (Å²) in [5, 5.41) is 2.62. The van der Waals surface area contributed by atoms with Gasteiger partial charge in [0.1, 0.15) is 22.6 Å². The lowest BCUT2D eigenvalue weighted by molar-refractivity contribution is -0.117. The van der Waals surface area contributed by atoms with Crippen molar-refractivity contribution in [2.45, 2.75) is 24.3 Å². The predicted octanol–water partition coefficient (Wildman–Crippen LogP) is 3.06. The van der Waals surface area contributed by atoms with Crippen molar-refractivity contribution in [3.05, 3.63) is 89.9 Å². The van der Waals surface area contributed by atoms with Gasteiger partial charge in [-0.1, -0.05) is 48.5 Å². The fourth-order valence-electron chi connectivity index (χ4n) is 2.78. The van der Waals surface area contributed by atoms with E-state index in [0.717, 1.165) is 17.7 Å². The molecule has 0 spiro atoms. The SMILES string of the molecule is Cc1cccc(NC(=O)[C@H](Cc2ccccc2)NS(=O)(=O)c2ccccc2F)n1. The summed E-state index contributed by atoms with van der Waals surface area (Å²) in [6, 6.07) is 17.9. The van der Waals surface area contributed by atoms with Crippen molar-refractivity contribution in [1.82, 2.24) is 9.71 Å². The number of halogens is 1. The number of benzene rings is 2. The van der Waals surface area contributed by atoms with Gasteiger partial charge >= 0.3 is 0 Å². The van der Waals surface area contributed by atoms with E-state index in [1.54, 1.807) is 49.4 Å². The first-order valence-corrected chi connectivity index (χ1v) is 10.4. The van der Waals surface area contributed by atoms with E-state index in [4.69, 9.17) is 0 Å². The van der Waals surface area contributed by atoms with Crippen LogP contribution in [0.4, 0.5) is 10.2 Å². The van der Waals surface area contributed by atoms with Crippen LogP contribution in [0, 0.1) is 12.7 Å². The molecular weight excluding hydrogens is 393 g/mol. The van der Waals surface area contributed by atoms with Crippen molar-refractivity contribution in [3.8, 4) is 0 Å². The Morgan fingerprint density at radius 3 is 2.38 bits per heavy atom. The van der Waals surface area contributed by atoms with Crippen LogP contribution in [0.15, 0.2) is 77.7 Å². The smallest absolute Gasteiger partial charge is 0.244 e. The fourth-order valence-corrected chi connectivity index (χ4v) is 4.05.